The molecular weight excluding hydrogens is 260 g/mol. The SMILES string of the molecule is O=c1c2c(ncn1CCO)-c1ccccc1SCC2. The molecule has 3 rings (SSSR count). The summed E-state index contributed by atoms with van der Waals surface area (Å²) < 4.78 is 1.48. The molecular formula is C14H14N2O2S. The number of hydrogen-bond acceptors (Lipinski definition) is 4. The highest BCUT2D eigenvalue weighted by molar-refractivity contribution is 7.99. The fourth-order valence-electron chi connectivity index (χ4n) is 2.31. The summed E-state index contributed by atoms with van der Waals surface area (Å²) in [5.74, 6) is 0.879. The van der Waals surface area contributed by atoms with E-state index in [1.807, 2.05) is 18.2 Å². The Balaban J connectivity index is 2.21. The maximum absolute atomic E-state index is 12.4. The zero-order valence-corrected chi connectivity index (χ0v) is 11.2. The van der Waals surface area contributed by atoms with Gasteiger partial charge in [-0.15, -0.1) is 11.8 Å². The maximum atomic E-state index is 12.4. The first-order valence-corrected chi connectivity index (χ1v) is 7.21. The number of thioether (sulfide) groups is 1. The summed E-state index contributed by atoms with van der Waals surface area (Å²) in [6.45, 7) is 0.250. The predicted octanol–water partition coefficient (Wildman–Crippen LogP) is 1.55. The third-order valence-corrected chi connectivity index (χ3v) is 4.30. The Morgan fingerprint density at radius 1 is 1.37 bits per heavy atom. The molecule has 19 heavy (non-hydrogen) atoms. The summed E-state index contributed by atoms with van der Waals surface area (Å²) in [7, 11) is 0. The Morgan fingerprint density at radius 3 is 3.05 bits per heavy atom. The molecule has 0 atom stereocenters. The molecule has 0 spiro atoms. The number of aromatic nitrogens is 2. The smallest absolute Gasteiger partial charge is 0.257 e. The zero-order valence-electron chi connectivity index (χ0n) is 10.4. The van der Waals surface area contributed by atoms with Crippen LogP contribution in [0.4, 0.5) is 0 Å². The summed E-state index contributed by atoms with van der Waals surface area (Å²) in [4.78, 5) is 18.0. The van der Waals surface area contributed by atoms with Gasteiger partial charge in [-0.25, -0.2) is 4.98 Å². The van der Waals surface area contributed by atoms with Gasteiger partial charge < -0.3 is 5.11 Å². The Bertz CT molecular complexity index is 667. The normalized spacial score (nSPS) is 13.5. The van der Waals surface area contributed by atoms with Gasteiger partial charge in [-0.2, -0.15) is 0 Å². The second kappa shape index (κ2) is 5.19. The van der Waals surface area contributed by atoms with Gasteiger partial charge in [0.1, 0.15) is 0 Å². The topological polar surface area (TPSA) is 55.1 Å². The highest BCUT2D eigenvalue weighted by Gasteiger charge is 2.19. The van der Waals surface area contributed by atoms with Crippen molar-refractivity contribution in [1.82, 2.24) is 9.55 Å². The van der Waals surface area contributed by atoms with E-state index in [1.54, 1.807) is 11.8 Å². The minimum Gasteiger partial charge on any atom is -0.395 e. The van der Waals surface area contributed by atoms with Crippen LogP contribution in [0.1, 0.15) is 5.56 Å². The van der Waals surface area contributed by atoms with Crippen LogP contribution in [-0.2, 0) is 13.0 Å². The molecule has 1 N–H and O–H groups in total. The molecule has 0 saturated carbocycles. The van der Waals surface area contributed by atoms with Crippen molar-refractivity contribution in [3.63, 3.8) is 0 Å². The van der Waals surface area contributed by atoms with Gasteiger partial charge in [0, 0.05) is 21.8 Å². The molecule has 0 radical (unpaired) electrons. The quantitative estimate of drug-likeness (QED) is 0.903. The first-order chi connectivity index (χ1) is 9.31. The molecule has 1 aromatic heterocycles. The van der Waals surface area contributed by atoms with Gasteiger partial charge in [0.2, 0.25) is 0 Å². The van der Waals surface area contributed by atoms with Crippen molar-refractivity contribution in [2.45, 2.75) is 17.9 Å². The maximum Gasteiger partial charge on any atom is 0.257 e. The van der Waals surface area contributed by atoms with Gasteiger partial charge in [-0.1, -0.05) is 18.2 Å². The van der Waals surface area contributed by atoms with Gasteiger partial charge in [0.15, 0.2) is 0 Å². The molecule has 0 amide bonds. The number of rotatable bonds is 2. The first-order valence-electron chi connectivity index (χ1n) is 6.22. The highest BCUT2D eigenvalue weighted by atomic mass is 32.2. The van der Waals surface area contributed by atoms with E-state index in [-0.39, 0.29) is 12.2 Å². The lowest BCUT2D eigenvalue weighted by Crippen LogP contribution is -2.26. The highest BCUT2D eigenvalue weighted by Crippen LogP contribution is 2.34. The second-order valence-electron chi connectivity index (χ2n) is 4.39. The van der Waals surface area contributed by atoms with E-state index in [0.717, 1.165) is 22.6 Å². The van der Waals surface area contributed by atoms with Crippen LogP contribution in [0.3, 0.4) is 0 Å². The molecule has 0 fully saturated rings. The van der Waals surface area contributed by atoms with E-state index in [4.69, 9.17) is 5.11 Å². The number of nitrogens with zero attached hydrogens (tertiary/aromatic N) is 2. The fraction of sp³-hybridized carbons (Fsp3) is 0.286. The lowest BCUT2D eigenvalue weighted by Gasteiger charge is -2.10. The zero-order chi connectivity index (χ0) is 13.2. The van der Waals surface area contributed by atoms with Crippen molar-refractivity contribution in [3.05, 3.63) is 46.5 Å². The molecule has 2 aromatic rings. The molecule has 1 aromatic carbocycles. The van der Waals surface area contributed by atoms with Crippen LogP contribution >= 0.6 is 11.8 Å². The number of aliphatic hydroxyl groups excluding tert-OH is 1. The largest absolute Gasteiger partial charge is 0.395 e. The standard InChI is InChI=1S/C14H14N2O2S/c17-7-6-16-9-15-13-10-3-1-2-4-12(10)19-8-5-11(13)14(16)18/h1-4,9,17H,5-8H2. The molecule has 4 nitrogen and oxygen atoms in total. The van der Waals surface area contributed by atoms with E-state index in [0.29, 0.717) is 13.0 Å². The lowest BCUT2D eigenvalue weighted by molar-refractivity contribution is 0.273. The average Bonchev–Trinajstić information content (AvgIpc) is 2.62. The van der Waals surface area contributed by atoms with Gasteiger partial charge in [-0.05, 0) is 12.5 Å². The Labute approximate surface area is 115 Å². The monoisotopic (exact) mass is 274 g/mol. The van der Waals surface area contributed by atoms with Crippen LogP contribution in [0.25, 0.3) is 11.3 Å². The minimum absolute atomic E-state index is 0.0312. The molecule has 0 bridgehead atoms. The lowest BCUT2D eigenvalue weighted by atomic mass is 10.1. The van der Waals surface area contributed by atoms with E-state index < -0.39 is 0 Å². The van der Waals surface area contributed by atoms with Crippen LogP contribution < -0.4 is 5.56 Å². The molecule has 0 unspecified atom stereocenters. The number of fused-ring (bicyclic) bond motifs is 3. The van der Waals surface area contributed by atoms with Crippen molar-refractivity contribution >= 4 is 11.8 Å². The molecule has 1 aliphatic heterocycles. The Kier molecular flexibility index (Phi) is 3.40. The number of benzene rings is 1. The summed E-state index contributed by atoms with van der Waals surface area (Å²) >= 11 is 1.76. The van der Waals surface area contributed by atoms with E-state index in [1.165, 1.54) is 15.8 Å². The van der Waals surface area contributed by atoms with Crippen LogP contribution in [0.15, 0.2) is 40.3 Å². The Morgan fingerprint density at radius 2 is 2.21 bits per heavy atom. The van der Waals surface area contributed by atoms with Crippen LogP contribution in [0.2, 0.25) is 0 Å². The van der Waals surface area contributed by atoms with Gasteiger partial charge >= 0.3 is 0 Å². The van der Waals surface area contributed by atoms with Crippen molar-refractivity contribution in [2.24, 2.45) is 0 Å². The second-order valence-corrected chi connectivity index (χ2v) is 5.53. The summed E-state index contributed by atoms with van der Waals surface area (Å²) in [6.07, 6.45) is 2.25. The third-order valence-electron chi connectivity index (χ3n) is 3.22. The number of hydrogen-bond donors (Lipinski definition) is 1. The molecule has 0 aliphatic carbocycles. The third kappa shape index (κ3) is 2.19. The van der Waals surface area contributed by atoms with E-state index in [9.17, 15) is 4.79 Å². The van der Waals surface area contributed by atoms with Crippen LogP contribution in [-0.4, -0.2) is 27.0 Å². The molecule has 5 heteroatoms. The predicted molar refractivity (Wildman–Crippen MR) is 75.4 cm³/mol. The average molecular weight is 274 g/mol. The van der Waals surface area contributed by atoms with Crippen molar-refractivity contribution in [3.8, 4) is 11.3 Å². The van der Waals surface area contributed by atoms with Crippen LogP contribution in [0, 0.1) is 0 Å². The summed E-state index contributed by atoms with van der Waals surface area (Å²) in [5, 5.41) is 8.97. The van der Waals surface area contributed by atoms with Gasteiger partial charge in [-0.3, -0.25) is 9.36 Å². The summed E-state index contributed by atoms with van der Waals surface area (Å²) in [6, 6.07) is 8.05. The van der Waals surface area contributed by atoms with Crippen molar-refractivity contribution < 1.29 is 5.11 Å². The molecule has 98 valence electrons. The molecule has 0 saturated heterocycles. The Hall–Kier alpha value is -1.59. The fourth-order valence-corrected chi connectivity index (χ4v) is 3.33. The molecule has 2 heterocycles. The van der Waals surface area contributed by atoms with Crippen molar-refractivity contribution in [1.29, 1.82) is 0 Å². The van der Waals surface area contributed by atoms with Crippen molar-refractivity contribution in [2.75, 3.05) is 12.4 Å². The molecule has 1 aliphatic rings. The minimum atomic E-state index is -0.0499. The van der Waals surface area contributed by atoms with Crippen LogP contribution in [0.5, 0.6) is 0 Å². The van der Waals surface area contributed by atoms with Gasteiger partial charge in [0.05, 0.1) is 25.2 Å². The van der Waals surface area contributed by atoms with E-state index >= 15 is 0 Å². The number of aliphatic hydroxyl groups is 1. The first kappa shape index (κ1) is 12.4. The van der Waals surface area contributed by atoms with Gasteiger partial charge in [0.25, 0.3) is 5.56 Å². The summed E-state index contributed by atoms with van der Waals surface area (Å²) in [5.41, 5.74) is 2.55. The van der Waals surface area contributed by atoms with E-state index in [2.05, 4.69) is 11.1 Å².